The van der Waals surface area contributed by atoms with E-state index in [0.717, 1.165) is 0 Å². The van der Waals surface area contributed by atoms with Gasteiger partial charge in [-0.3, -0.25) is 0 Å². The minimum Gasteiger partial charge on any atom is -0.307 e. The number of rotatable bonds is 6. The molecular weight excluding hydrogens is 833 g/mol. The Bertz CT molecular complexity index is 3410. The lowest BCUT2D eigenvalue weighted by atomic mass is 10.00. The van der Waals surface area contributed by atoms with Crippen molar-refractivity contribution >= 4 is 105 Å². The number of fused-ring (bicyclic) bond motifs is 9. The molecule has 0 spiro atoms. The summed E-state index contributed by atoms with van der Waals surface area (Å²) in [6, 6.07) is 63.5. The average Bonchev–Trinajstić information content (AvgIpc) is 4.18. The Morgan fingerprint density at radius 3 is 1.18 bits per heavy atom. The molecule has 6 aromatic carbocycles. The van der Waals surface area contributed by atoms with Gasteiger partial charge in [0.1, 0.15) is 0 Å². The van der Waals surface area contributed by atoms with Crippen molar-refractivity contribution in [2.24, 2.45) is 0 Å². The van der Waals surface area contributed by atoms with Crippen molar-refractivity contribution in [1.29, 1.82) is 0 Å². The van der Waals surface area contributed by atoms with Gasteiger partial charge in [-0.1, -0.05) is 128 Å². The summed E-state index contributed by atoms with van der Waals surface area (Å²) in [5.41, 5.74) is 17.9. The second-order valence-corrected chi connectivity index (χ2v) is 24.8. The molecule has 0 aliphatic carbocycles. The lowest BCUT2D eigenvalue weighted by molar-refractivity contribution is 1.19. The van der Waals surface area contributed by atoms with Gasteiger partial charge < -0.3 is 9.13 Å². The summed E-state index contributed by atoms with van der Waals surface area (Å²) in [6.45, 7) is 5.05. The van der Waals surface area contributed by atoms with Crippen LogP contribution in [-0.4, -0.2) is 17.2 Å². The van der Waals surface area contributed by atoms with E-state index in [1.807, 2.05) is 45.3 Å². The first-order chi connectivity index (χ1) is 30.0. The van der Waals surface area contributed by atoms with Gasteiger partial charge in [0.15, 0.2) is 0 Å². The molecule has 0 amide bonds. The first-order valence-electron chi connectivity index (χ1n) is 20.6. The molecule has 0 saturated heterocycles. The van der Waals surface area contributed by atoms with Crippen molar-refractivity contribution in [3.8, 4) is 65.6 Å². The van der Waals surface area contributed by atoms with Crippen LogP contribution in [0.2, 0.25) is 13.1 Å². The molecule has 1 aliphatic rings. The van der Waals surface area contributed by atoms with Gasteiger partial charge in [-0.25, -0.2) is 0 Å². The summed E-state index contributed by atoms with van der Waals surface area (Å²) in [5, 5.41) is 7.54. The highest BCUT2D eigenvalue weighted by atomic mass is 32.1. The number of hydrogen-bond donors (Lipinski definition) is 0. The Hall–Kier alpha value is -6.06. The molecule has 2 nitrogen and oxygen atoms in total. The molecule has 1 aliphatic heterocycles. The Morgan fingerprint density at radius 2 is 0.754 bits per heavy atom. The maximum Gasteiger partial charge on any atom is 0.0711 e. The van der Waals surface area contributed by atoms with Crippen LogP contribution in [0.1, 0.15) is 0 Å². The van der Waals surface area contributed by atoms with E-state index >= 15 is 0 Å². The fourth-order valence-corrected chi connectivity index (χ4v) is 17.2. The normalized spacial score (nSPS) is 13.2. The minimum absolute atomic E-state index is 1.20. The summed E-state index contributed by atoms with van der Waals surface area (Å²) in [5.74, 6) is 0. The van der Waals surface area contributed by atoms with Crippen LogP contribution in [-0.2, 0) is 0 Å². The van der Waals surface area contributed by atoms with Gasteiger partial charge in [0.2, 0.25) is 0 Å². The van der Waals surface area contributed by atoms with Gasteiger partial charge in [-0.15, -0.1) is 45.3 Å². The smallest absolute Gasteiger partial charge is 0.0711 e. The Balaban J connectivity index is 0.886. The fraction of sp³-hybridized carbons (Fsp3) is 0.0370. The minimum atomic E-state index is -1.88. The monoisotopic (exact) mass is 868 g/mol. The summed E-state index contributed by atoms with van der Waals surface area (Å²) >= 11 is 7.56. The van der Waals surface area contributed by atoms with Crippen LogP contribution in [0.25, 0.3) is 107 Å². The summed E-state index contributed by atoms with van der Waals surface area (Å²) in [6.07, 6.45) is 0. The molecule has 0 radical (unpaired) electrons. The van der Waals surface area contributed by atoms with Gasteiger partial charge in [-0.05, 0) is 105 Å². The third-order valence-electron chi connectivity index (χ3n) is 12.8. The first-order valence-corrected chi connectivity index (χ1v) is 27.0. The highest BCUT2D eigenvalue weighted by molar-refractivity contribution is 7.29. The predicted octanol–water partition coefficient (Wildman–Crippen LogP) is 15.6. The molecule has 0 unspecified atom stereocenters. The van der Waals surface area contributed by atoms with E-state index in [1.54, 1.807) is 0 Å². The molecule has 7 heteroatoms. The molecule has 12 aromatic rings. The van der Waals surface area contributed by atoms with Crippen molar-refractivity contribution in [3.63, 3.8) is 0 Å². The number of aromatic nitrogens is 2. The number of hydrogen-bond acceptors (Lipinski definition) is 4. The average molecular weight is 869 g/mol. The first kappa shape index (κ1) is 35.7. The maximum absolute atomic E-state index is 2.52. The molecule has 6 aromatic heterocycles. The second kappa shape index (κ2) is 13.5. The van der Waals surface area contributed by atoms with Crippen molar-refractivity contribution in [1.82, 2.24) is 9.13 Å². The van der Waals surface area contributed by atoms with Gasteiger partial charge in [-0.2, -0.15) is 23.5 Å². The summed E-state index contributed by atoms with van der Waals surface area (Å²) in [7, 11) is -1.88. The fourth-order valence-electron chi connectivity index (χ4n) is 9.76. The van der Waals surface area contributed by atoms with E-state index < -0.39 is 8.07 Å². The van der Waals surface area contributed by atoms with Crippen LogP contribution in [0.3, 0.4) is 0 Å². The number of nitrogens with zero attached hydrogens (tertiary/aromatic N) is 2. The molecule has 0 bridgehead atoms. The van der Waals surface area contributed by atoms with E-state index in [9.17, 15) is 0 Å². The summed E-state index contributed by atoms with van der Waals surface area (Å²) in [4.78, 5) is 2.64. The van der Waals surface area contributed by atoms with E-state index in [4.69, 9.17) is 0 Å². The topological polar surface area (TPSA) is 9.86 Å². The third kappa shape index (κ3) is 5.41. The zero-order valence-electron chi connectivity index (χ0n) is 33.3. The number of benzene rings is 6. The van der Waals surface area contributed by atoms with Crippen LogP contribution in [0.5, 0.6) is 0 Å². The third-order valence-corrected chi connectivity index (χ3v) is 20.8. The van der Waals surface area contributed by atoms with Crippen LogP contribution < -0.4 is 10.4 Å². The quantitative estimate of drug-likeness (QED) is 0.147. The van der Waals surface area contributed by atoms with Crippen LogP contribution in [0.15, 0.2) is 181 Å². The molecule has 0 fully saturated rings. The SMILES string of the molecule is C[Si-]1(C)c2ccc(-c3cc4c(s3)c3sccc3n4-c3ccc(-c4ccccc4)cc3)cc2-c2cc(-c3cc4c(s3)c3sccc3n4-c3ccc(-c4ccccc4)cc3)ccc21. The Labute approximate surface area is 370 Å². The van der Waals surface area contributed by atoms with Gasteiger partial charge in [0, 0.05) is 21.1 Å². The van der Waals surface area contributed by atoms with Crippen LogP contribution >= 0.6 is 45.3 Å². The molecule has 61 heavy (non-hydrogen) atoms. The lowest BCUT2D eigenvalue weighted by Gasteiger charge is -2.32. The van der Waals surface area contributed by atoms with E-state index in [0.29, 0.717) is 0 Å². The highest BCUT2D eigenvalue weighted by Crippen LogP contribution is 2.47. The second-order valence-electron chi connectivity index (χ2n) is 16.6. The molecule has 0 atom stereocenters. The molecule has 0 saturated carbocycles. The highest BCUT2D eigenvalue weighted by Gasteiger charge is 2.28. The molecule has 0 N–H and O–H groups in total. The predicted molar refractivity (Wildman–Crippen MR) is 271 cm³/mol. The maximum atomic E-state index is 2.52. The number of thiophene rings is 4. The molecule has 291 valence electrons. The Morgan fingerprint density at radius 1 is 0.361 bits per heavy atom. The Kier molecular flexibility index (Phi) is 7.88. The molecule has 7 heterocycles. The van der Waals surface area contributed by atoms with Crippen molar-refractivity contribution in [3.05, 3.63) is 181 Å². The summed E-state index contributed by atoms with van der Waals surface area (Å²) < 4.78 is 10.4. The standard InChI is InChI=1S/C54H36N2S4Si/c1-61(2)49-23-17-37(47-31-45-53(59-47)51-43(25-27-57-51)55(45)39-19-13-35(14-20-39)33-9-5-3-6-10-33)29-41(49)42-30-38(18-24-50(42)61)48-32-46-54(60-48)52-44(26-28-58-52)56(46)40-21-15-36(16-22-40)34-11-7-4-8-12-34/h3-32H,1-2H3/q-1. The van der Waals surface area contributed by atoms with Crippen molar-refractivity contribution < 1.29 is 0 Å². The molecular formula is C54H36N2S4Si-. The van der Waals surface area contributed by atoms with Crippen molar-refractivity contribution in [2.45, 2.75) is 13.1 Å². The van der Waals surface area contributed by atoms with Crippen LogP contribution in [0, 0.1) is 0 Å². The van der Waals surface area contributed by atoms with E-state index in [-0.39, 0.29) is 0 Å². The van der Waals surface area contributed by atoms with E-state index in [1.165, 1.54) is 117 Å². The lowest BCUT2D eigenvalue weighted by Crippen LogP contribution is -2.49. The van der Waals surface area contributed by atoms with Gasteiger partial charge in [0.25, 0.3) is 0 Å². The zero-order valence-corrected chi connectivity index (χ0v) is 37.6. The van der Waals surface area contributed by atoms with E-state index in [2.05, 4.69) is 203 Å². The zero-order chi connectivity index (χ0) is 40.4. The largest absolute Gasteiger partial charge is 0.307 e. The van der Waals surface area contributed by atoms with Crippen LogP contribution in [0.4, 0.5) is 0 Å². The molecule has 13 rings (SSSR count). The van der Waals surface area contributed by atoms with Gasteiger partial charge in [0.05, 0.1) is 40.9 Å². The van der Waals surface area contributed by atoms with Crippen molar-refractivity contribution in [2.75, 3.05) is 0 Å². The van der Waals surface area contributed by atoms with Gasteiger partial charge >= 0.3 is 0 Å².